The smallest absolute Gasteiger partial charge is 0.0408 e. The Kier molecular flexibility index (Phi) is 5.13. The average Bonchev–Trinajstić information content (AvgIpc) is 2.17. The third-order valence-electron chi connectivity index (χ3n) is 2.72. The molecule has 0 fully saturated rings. The molecule has 0 bridgehead atoms. The Bertz CT molecular complexity index is 298. The van der Waals surface area contributed by atoms with Gasteiger partial charge >= 0.3 is 0 Å². The van der Waals surface area contributed by atoms with Crippen molar-refractivity contribution < 1.29 is 0 Å². The number of halogens is 1. The zero-order valence-corrected chi connectivity index (χ0v) is 10.5. The van der Waals surface area contributed by atoms with Gasteiger partial charge in [-0.25, -0.2) is 0 Å². The first kappa shape index (κ1) is 12.5. The maximum absolute atomic E-state index is 5.95. The van der Waals surface area contributed by atoms with Crippen LogP contribution in [0, 0.1) is 5.92 Å². The second kappa shape index (κ2) is 6.14. The number of nitrogens with one attached hydrogen (secondary N) is 1. The maximum Gasteiger partial charge on any atom is 0.0408 e. The molecule has 2 heteroatoms. The molecule has 1 aromatic carbocycles. The van der Waals surface area contributed by atoms with Crippen molar-refractivity contribution in [3.05, 3.63) is 34.9 Å². The van der Waals surface area contributed by atoms with Crippen molar-refractivity contribution in [2.24, 2.45) is 5.92 Å². The molecular weight excluding hydrogens is 206 g/mol. The molecular formula is C13H20ClN. The van der Waals surface area contributed by atoms with Crippen molar-refractivity contribution in [1.29, 1.82) is 0 Å². The highest BCUT2D eigenvalue weighted by atomic mass is 35.5. The van der Waals surface area contributed by atoms with E-state index in [1.54, 1.807) is 0 Å². The van der Waals surface area contributed by atoms with Gasteiger partial charge in [-0.15, -0.1) is 0 Å². The van der Waals surface area contributed by atoms with E-state index < -0.39 is 0 Å². The SMILES string of the molecule is CNC(C)CC(C)Cc1cccc(Cl)c1. The minimum atomic E-state index is 0.583. The van der Waals surface area contributed by atoms with Crippen molar-refractivity contribution in [3.63, 3.8) is 0 Å². The van der Waals surface area contributed by atoms with Crippen molar-refractivity contribution in [3.8, 4) is 0 Å². The Morgan fingerprint density at radius 1 is 1.33 bits per heavy atom. The van der Waals surface area contributed by atoms with E-state index in [2.05, 4.69) is 31.3 Å². The lowest BCUT2D eigenvalue weighted by molar-refractivity contribution is 0.440. The van der Waals surface area contributed by atoms with Crippen LogP contribution in [0.1, 0.15) is 25.8 Å². The van der Waals surface area contributed by atoms with Crippen LogP contribution in [0.3, 0.4) is 0 Å². The lowest BCUT2D eigenvalue weighted by Gasteiger charge is -2.16. The molecule has 0 aliphatic carbocycles. The zero-order chi connectivity index (χ0) is 11.3. The Balaban J connectivity index is 2.47. The van der Waals surface area contributed by atoms with E-state index in [4.69, 9.17) is 11.6 Å². The predicted molar refractivity (Wildman–Crippen MR) is 67.5 cm³/mol. The highest BCUT2D eigenvalue weighted by Crippen LogP contribution is 2.17. The number of rotatable bonds is 5. The molecule has 1 nitrogen and oxygen atoms in total. The number of benzene rings is 1. The van der Waals surface area contributed by atoms with Gasteiger partial charge < -0.3 is 5.32 Å². The quantitative estimate of drug-likeness (QED) is 0.809. The van der Waals surface area contributed by atoms with Crippen molar-refractivity contribution in [2.75, 3.05) is 7.05 Å². The summed E-state index contributed by atoms with van der Waals surface area (Å²) < 4.78 is 0. The molecule has 0 radical (unpaired) electrons. The van der Waals surface area contributed by atoms with Crippen LogP contribution in [0.5, 0.6) is 0 Å². The van der Waals surface area contributed by atoms with Gasteiger partial charge in [-0.2, -0.15) is 0 Å². The highest BCUT2D eigenvalue weighted by Gasteiger charge is 2.07. The van der Waals surface area contributed by atoms with Gasteiger partial charge in [0.1, 0.15) is 0 Å². The summed E-state index contributed by atoms with van der Waals surface area (Å²) in [4.78, 5) is 0. The molecule has 1 rings (SSSR count). The predicted octanol–water partition coefficient (Wildman–Crippen LogP) is 3.52. The zero-order valence-electron chi connectivity index (χ0n) is 9.76. The molecule has 0 saturated carbocycles. The van der Waals surface area contributed by atoms with E-state index in [0.29, 0.717) is 12.0 Å². The maximum atomic E-state index is 5.95. The molecule has 0 spiro atoms. The van der Waals surface area contributed by atoms with E-state index in [-0.39, 0.29) is 0 Å². The van der Waals surface area contributed by atoms with Gasteiger partial charge in [0.05, 0.1) is 0 Å². The fourth-order valence-corrected chi connectivity index (χ4v) is 2.08. The average molecular weight is 226 g/mol. The Labute approximate surface area is 97.8 Å². The van der Waals surface area contributed by atoms with Crippen LogP contribution in [-0.2, 0) is 6.42 Å². The van der Waals surface area contributed by atoms with Gasteiger partial charge in [-0.1, -0.05) is 30.7 Å². The third-order valence-corrected chi connectivity index (χ3v) is 2.96. The first-order valence-corrected chi connectivity index (χ1v) is 5.91. The summed E-state index contributed by atoms with van der Waals surface area (Å²) in [5.41, 5.74) is 1.33. The van der Waals surface area contributed by atoms with Crippen molar-refractivity contribution >= 4 is 11.6 Å². The second-order valence-corrected chi connectivity index (χ2v) is 4.80. The third kappa shape index (κ3) is 4.67. The summed E-state index contributed by atoms with van der Waals surface area (Å²) in [6, 6.07) is 8.73. The minimum absolute atomic E-state index is 0.583. The molecule has 84 valence electrons. The van der Waals surface area contributed by atoms with Crippen LogP contribution in [0.15, 0.2) is 24.3 Å². The van der Waals surface area contributed by atoms with E-state index in [9.17, 15) is 0 Å². The monoisotopic (exact) mass is 225 g/mol. The summed E-state index contributed by atoms with van der Waals surface area (Å²) in [7, 11) is 2.01. The largest absolute Gasteiger partial charge is 0.317 e. The van der Waals surface area contributed by atoms with E-state index in [1.165, 1.54) is 12.0 Å². The van der Waals surface area contributed by atoms with Gasteiger partial charge in [-0.05, 0) is 50.4 Å². The van der Waals surface area contributed by atoms with Gasteiger partial charge in [-0.3, -0.25) is 0 Å². The van der Waals surface area contributed by atoms with Crippen LogP contribution < -0.4 is 5.32 Å². The normalized spacial score (nSPS) is 14.9. The van der Waals surface area contributed by atoms with Crippen LogP contribution >= 0.6 is 11.6 Å². The molecule has 0 heterocycles. The van der Waals surface area contributed by atoms with E-state index in [0.717, 1.165) is 11.4 Å². The standard InChI is InChI=1S/C13H20ClN/c1-10(7-11(2)15-3)8-12-5-4-6-13(14)9-12/h4-6,9-11,15H,7-8H2,1-3H3. The first-order valence-electron chi connectivity index (χ1n) is 5.53. The molecule has 0 aromatic heterocycles. The van der Waals surface area contributed by atoms with Crippen LogP contribution in [-0.4, -0.2) is 13.1 Å². The van der Waals surface area contributed by atoms with E-state index >= 15 is 0 Å². The van der Waals surface area contributed by atoms with E-state index in [1.807, 2.05) is 19.2 Å². The molecule has 0 saturated heterocycles. The van der Waals surface area contributed by atoms with Crippen LogP contribution in [0.2, 0.25) is 5.02 Å². The fraction of sp³-hybridized carbons (Fsp3) is 0.538. The van der Waals surface area contributed by atoms with Gasteiger partial charge in [0.25, 0.3) is 0 Å². The molecule has 0 aliphatic heterocycles. The van der Waals surface area contributed by atoms with Crippen molar-refractivity contribution in [2.45, 2.75) is 32.7 Å². The summed E-state index contributed by atoms with van der Waals surface area (Å²) >= 11 is 5.95. The first-order chi connectivity index (χ1) is 7.11. The molecule has 1 N–H and O–H groups in total. The molecule has 0 aliphatic rings. The lowest BCUT2D eigenvalue weighted by atomic mass is 9.95. The van der Waals surface area contributed by atoms with Crippen LogP contribution in [0.25, 0.3) is 0 Å². The second-order valence-electron chi connectivity index (χ2n) is 4.36. The number of hydrogen-bond acceptors (Lipinski definition) is 1. The summed E-state index contributed by atoms with van der Waals surface area (Å²) in [6.45, 7) is 4.50. The molecule has 15 heavy (non-hydrogen) atoms. The fourth-order valence-electron chi connectivity index (χ4n) is 1.87. The van der Waals surface area contributed by atoms with Crippen LogP contribution in [0.4, 0.5) is 0 Å². The van der Waals surface area contributed by atoms with Gasteiger partial charge in [0, 0.05) is 11.1 Å². The molecule has 1 aromatic rings. The molecule has 2 atom stereocenters. The molecule has 2 unspecified atom stereocenters. The van der Waals surface area contributed by atoms with Gasteiger partial charge in [0.15, 0.2) is 0 Å². The Hall–Kier alpha value is -0.530. The molecule has 0 amide bonds. The Morgan fingerprint density at radius 2 is 2.07 bits per heavy atom. The minimum Gasteiger partial charge on any atom is -0.317 e. The van der Waals surface area contributed by atoms with Crippen molar-refractivity contribution in [1.82, 2.24) is 5.32 Å². The topological polar surface area (TPSA) is 12.0 Å². The lowest BCUT2D eigenvalue weighted by Crippen LogP contribution is -2.24. The summed E-state index contributed by atoms with van der Waals surface area (Å²) in [6.07, 6.45) is 2.30. The summed E-state index contributed by atoms with van der Waals surface area (Å²) in [5.74, 6) is 0.686. The summed E-state index contributed by atoms with van der Waals surface area (Å²) in [5, 5.41) is 4.10. The Morgan fingerprint density at radius 3 is 2.67 bits per heavy atom. The van der Waals surface area contributed by atoms with Gasteiger partial charge in [0.2, 0.25) is 0 Å². The number of hydrogen-bond donors (Lipinski definition) is 1. The highest BCUT2D eigenvalue weighted by molar-refractivity contribution is 6.30.